The fourth-order valence-corrected chi connectivity index (χ4v) is 5.02. The largest absolute Gasteiger partial charge is 0.463 e. The Morgan fingerprint density at radius 2 is 2.00 bits per heavy atom. The van der Waals surface area contributed by atoms with E-state index in [1.54, 1.807) is 38.1 Å². The van der Waals surface area contributed by atoms with E-state index in [4.69, 9.17) is 16.3 Å². The number of carbonyl (C=O) groups excluding carboxylic acids is 2. The van der Waals surface area contributed by atoms with Crippen molar-refractivity contribution >= 4 is 40.4 Å². The van der Waals surface area contributed by atoms with Crippen molar-refractivity contribution in [2.24, 2.45) is 4.99 Å². The second-order valence-electron chi connectivity index (χ2n) is 7.75. The fraction of sp³-hybridized carbons (Fsp3) is 0.240. The Kier molecular flexibility index (Phi) is 7.38. The summed E-state index contributed by atoms with van der Waals surface area (Å²) in [4.78, 5) is 32.2. The summed E-state index contributed by atoms with van der Waals surface area (Å²) in [6.07, 6.45) is 0.0828. The molecule has 2 aromatic carbocycles. The molecule has 0 radical (unpaired) electrons. The van der Waals surface area contributed by atoms with Gasteiger partial charge >= 0.3 is 5.97 Å². The van der Waals surface area contributed by atoms with Crippen LogP contribution in [0.15, 0.2) is 75.9 Å². The molecule has 2 aromatic rings. The molecular weight excluding hydrogens is 477 g/mol. The average molecular weight is 500 g/mol. The maximum absolute atomic E-state index is 13.1. The lowest BCUT2D eigenvalue weighted by Gasteiger charge is -2.36. The highest BCUT2D eigenvalue weighted by Crippen LogP contribution is 2.45. The molecule has 0 aliphatic carbocycles. The standard InChI is InChI=1S/C25H23ClFN3O3S/c1-3-33-24(32)22-15(2)29-25-30(23(22)17-5-4-6-18(26)11-17)20(14-34-25)12-21(31)28-13-16-7-9-19(27)10-8-16/h4-11,14,23H,3,12-13H2,1-2H3,(H,28,31)/t23-/m1/s1. The van der Waals surface area contributed by atoms with Crippen LogP contribution in [0.5, 0.6) is 0 Å². The van der Waals surface area contributed by atoms with Crippen LogP contribution in [-0.4, -0.2) is 28.6 Å². The molecule has 4 rings (SSSR count). The van der Waals surface area contributed by atoms with Crippen LogP contribution in [0.3, 0.4) is 0 Å². The van der Waals surface area contributed by atoms with Gasteiger partial charge in [0.1, 0.15) is 5.82 Å². The third kappa shape index (κ3) is 5.18. The molecule has 2 aliphatic heterocycles. The number of rotatable bonds is 7. The molecule has 0 bridgehead atoms. The lowest BCUT2D eigenvalue weighted by Crippen LogP contribution is -2.38. The van der Waals surface area contributed by atoms with Gasteiger partial charge in [0.05, 0.1) is 30.3 Å². The van der Waals surface area contributed by atoms with E-state index >= 15 is 0 Å². The Hall–Kier alpha value is -3.10. The molecule has 0 saturated carbocycles. The number of ether oxygens (including phenoxy) is 1. The van der Waals surface area contributed by atoms with Crippen molar-refractivity contribution in [2.75, 3.05) is 6.61 Å². The zero-order valence-corrected chi connectivity index (χ0v) is 20.3. The summed E-state index contributed by atoms with van der Waals surface area (Å²) in [7, 11) is 0. The number of amides is 1. The quantitative estimate of drug-likeness (QED) is 0.522. The first-order chi connectivity index (χ1) is 16.4. The van der Waals surface area contributed by atoms with E-state index in [0.29, 0.717) is 27.2 Å². The first-order valence-corrected chi connectivity index (χ1v) is 12.0. The fourth-order valence-electron chi connectivity index (χ4n) is 3.86. The van der Waals surface area contributed by atoms with E-state index in [0.717, 1.165) is 11.1 Å². The summed E-state index contributed by atoms with van der Waals surface area (Å²) in [5, 5.41) is 5.95. The minimum Gasteiger partial charge on any atom is -0.463 e. The first-order valence-electron chi connectivity index (χ1n) is 10.8. The van der Waals surface area contributed by atoms with Gasteiger partial charge in [-0.3, -0.25) is 4.79 Å². The maximum atomic E-state index is 13.1. The molecule has 0 aromatic heterocycles. The van der Waals surface area contributed by atoms with Crippen LogP contribution in [0, 0.1) is 5.82 Å². The number of amidine groups is 1. The summed E-state index contributed by atoms with van der Waals surface area (Å²) in [6.45, 7) is 4.05. The van der Waals surface area contributed by atoms with Crippen LogP contribution >= 0.6 is 23.4 Å². The number of fused-ring (bicyclic) bond motifs is 1. The highest BCUT2D eigenvalue weighted by Gasteiger charge is 2.41. The molecule has 2 aliphatic rings. The van der Waals surface area contributed by atoms with Crippen molar-refractivity contribution in [1.82, 2.24) is 10.2 Å². The van der Waals surface area contributed by atoms with Crippen LogP contribution < -0.4 is 5.32 Å². The van der Waals surface area contributed by atoms with E-state index in [2.05, 4.69) is 10.3 Å². The van der Waals surface area contributed by atoms with Gasteiger partial charge in [0.25, 0.3) is 0 Å². The van der Waals surface area contributed by atoms with Crippen LogP contribution in [-0.2, 0) is 20.9 Å². The topological polar surface area (TPSA) is 71.0 Å². The molecule has 9 heteroatoms. The zero-order valence-electron chi connectivity index (χ0n) is 18.7. The molecule has 34 heavy (non-hydrogen) atoms. The monoisotopic (exact) mass is 499 g/mol. The summed E-state index contributed by atoms with van der Waals surface area (Å²) >= 11 is 7.67. The number of carbonyl (C=O) groups is 2. The molecule has 0 fully saturated rings. The van der Waals surface area contributed by atoms with Gasteiger partial charge in [-0.1, -0.05) is 47.6 Å². The third-order valence-corrected chi connectivity index (χ3v) is 6.53. The van der Waals surface area contributed by atoms with Gasteiger partial charge in [0, 0.05) is 17.3 Å². The molecule has 176 valence electrons. The smallest absolute Gasteiger partial charge is 0.338 e. The molecule has 0 saturated heterocycles. The van der Waals surface area contributed by atoms with Gasteiger partial charge in [-0.15, -0.1) is 0 Å². The number of aliphatic imine (C=N–C) groups is 1. The Labute approximate surface area is 206 Å². The van der Waals surface area contributed by atoms with E-state index < -0.39 is 12.0 Å². The number of nitrogens with zero attached hydrogens (tertiary/aromatic N) is 2. The SMILES string of the molecule is CCOC(=O)C1=C(C)N=C2SC=C(CC(=O)NCc3ccc(F)cc3)N2[C@@H]1c1cccc(Cl)c1. The predicted molar refractivity (Wildman–Crippen MR) is 131 cm³/mol. The highest BCUT2D eigenvalue weighted by molar-refractivity contribution is 8.16. The lowest BCUT2D eigenvalue weighted by atomic mass is 9.94. The van der Waals surface area contributed by atoms with E-state index in [9.17, 15) is 14.0 Å². The molecular formula is C25H23ClFN3O3S. The van der Waals surface area contributed by atoms with Crippen LogP contribution in [0.1, 0.15) is 37.4 Å². The minimum atomic E-state index is -0.531. The van der Waals surface area contributed by atoms with Gasteiger partial charge in [-0.05, 0) is 54.6 Å². The summed E-state index contributed by atoms with van der Waals surface area (Å²) in [5.74, 6) is -0.982. The van der Waals surface area contributed by atoms with Crippen molar-refractivity contribution < 1.29 is 18.7 Å². The second-order valence-corrected chi connectivity index (χ2v) is 9.02. The van der Waals surface area contributed by atoms with Gasteiger partial charge < -0.3 is 15.0 Å². The molecule has 0 unspecified atom stereocenters. The van der Waals surface area contributed by atoms with Gasteiger partial charge in [-0.2, -0.15) is 0 Å². The van der Waals surface area contributed by atoms with Gasteiger partial charge in [0.15, 0.2) is 5.17 Å². The van der Waals surface area contributed by atoms with Gasteiger partial charge in [0.2, 0.25) is 5.91 Å². The van der Waals surface area contributed by atoms with Crippen LogP contribution in [0.4, 0.5) is 4.39 Å². The number of nitrogens with one attached hydrogen (secondary N) is 1. The Bertz CT molecular complexity index is 1210. The molecule has 1 N–H and O–H groups in total. The Balaban J connectivity index is 1.59. The number of thioether (sulfide) groups is 1. The minimum absolute atomic E-state index is 0.0828. The van der Waals surface area contributed by atoms with Crippen LogP contribution in [0.25, 0.3) is 0 Å². The highest BCUT2D eigenvalue weighted by atomic mass is 35.5. The van der Waals surface area contributed by atoms with Crippen molar-refractivity contribution in [1.29, 1.82) is 0 Å². The summed E-state index contributed by atoms with van der Waals surface area (Å²) in [5.41, 5.74) is 3.28. The lowest BCUT2D eigenvalue weighted by molar-refractivity contribution is -0.139. The van der Waals surface area contributed by atoms with Crippen molar-refractivity contribution in [2.45, 2.75) is 32.9 Å². The number of esters is 1. The zero-order chi connectivity index (χ0) is 24.2. The van der Waals surface area contributed by atoms with Gasteiger partial charge in [-0.25, -0.2) is 14.2 Å². The van der Waals surface area contributed by atoms with Crippen molar-refractivity contribution in [3.05, 3.63) is 92.9 Å². The maximum Gasteiger partial charge on any atom is 0.338 e. The summed E-state index contributed by atoms with van der Waals surface area (Å²) < 4.78 is 18.5. The van der Waals surface area contributed by atoms with E-state index in [-0.39, 0.29) is 31.3 Å². The summed E-state index contributed by atoms with van der Waals surface area (Å²) in [6, 6.07) is 12.7. The average Bonchev–Trinajstić information content (AvgIpc) is 3.19. The number of hydrogen-bond acceptors (Lipinski definition) is 6. The number of halogens is 2. The number of allylic oxidation sites excluding steroid dienone is 1. The Morgan fingerprint density at radius 3 is 2.71 bits per heavy atom. The normalized spacial score (nSPS) is 17.2. The van der Waals surface area contributed by atoms with E-state index in [1.807, 2.05) is 22.4 Å². The van der Waals surface area contributed by atoms with E-state index in [1.165, 1.54) is 23.9 Å². The number of hydrogen-bond donors (Lipinski definition) is 1. The first kappa shape index (κ1) is 24.0. The van der Waals surface area contributed by atoms with Crippen molar-refractivity contribution in [3.63, 3.8) is 0 Å². The number of benzene rings is 2. The molecule has 2 heterocycles. The molecule has 6 nitrogen and oxygen atoms in total. The molecule has 1 atom stereocenters. The third-order valence-electron chi connectivity index (χ3n) is 5.41. The van der Waals surface area contributed by atoms with Crippen LogP contribution in [0.2, 0.25) is 5.02 Å². The Morgan fingerprint density at radius 1 is 1.24 bits per heavy atom. The van der Waals surface area contributed by atoms with Crippen molar-refractivity contribution in [3.8, 4) is 0 Å². The predicted octanol–water partition coefficient (Wildman–Crippen LogP) is 5.32. The second kappa shape index (κ2) is 10.4. The molecule has 1 amide bonds. The molecule has 0 spiro atoms.